The van der Waals surface area contributed by atoms with Gasteiger partial charge in [0.2, 0.25) is 0 Å². The van der Waals surface area contributed by atoms with Crippen molar-refractivity contribution in [3.63, 3.8) is 0 Å². The van der Waals surface area contributed by atoms with Crippen molar-refractivity contribution in [2.24, 2.45) is 0 Å². The van der Waals surface area contributed by atoms with E-state index in [0.29, 0.717) is 5.56 Å². The van der Waals surface area contributed by atoms with Gasteiger partial charge in [-0.15, -0.1) is 0 Å². The van der Waals surface area contributed by atoms with Crippen LogP contribution in [0.4, 0.5) is 10.5 Å². The first-order valence-corrected chi connectivity index (χ1v) is 5.90. The number of benzene rings is 1. The van der Waals surface area contributed by atoms with Crippen LogP contribution in [-0.4, -0.2) is 23.2 Å². The van der Waals surface area contributed by atoms with E-state index < -0.39 is 16.1 Å². The average Bonchev–Trinajstić information content (AvgIpc) is 2.67. The molecular weight excluding hydrogens is 272 g/mol. The molecule has 1 fully saturated rings. The number of thioether (sulfide) groups is 1. The zero-order valence-electron chi connectivity index (χ0n) is 9.71. The molecule has 2 rings (SSSR count). The lowest BCUT2D eigenvalue weighted by molar-refractivity contribution is -0.385. The van der Waals surface area contributed by atoms with E-state index in [4.69, 9.17) is 4.74 Å². The number of carbonyl (C=O) groups excluding carboxylic acids is 2. The van der Waals surface area contributed by atoms with E-state index >= 15 is 0 Å². The summed E-state index contributed by atoms with van der Waals surface area (Å²) in [6, 6.07) is 4.28. The molecule has 1 aromatic carbocycles. The van der Waals surface area contributed by atoms with Crippen LogP contribution in [0.1, 0.15) is 5.56 Å². The van der Waals surface area contributed by atoms with Crippen molar-refractivity contribution < 1.29 is 19.2 Å². The number of imide groups is 1. The Morgan fingerprint density at radius 2 is 2.16 bits per heavy atom. The molecular formula is C11H8N2O5S. The smallest absolute Gasteiger partial charge is 0.311 e. The molecule has 1 aromatic rings. The van der Waals surface area contributed by atoms with Gasteiger partial charge in [0, 0.05) is 6.07 Å². The highest BCUT2D eigenvalue weighted by atomic mass is 32.2. The molecule has 0 aromatic heterocycles. The molecule has 1 aliphatic heterocycles. The summed E-state index contributed by atoms with van der Waals surface area (Å²) in [5.41, 5.74) is 0.242. The van der Waals surface area contributed by atoms with Crippen molar-refractivity contribution in [2.45, 2.75) is 0 Å². The maximum Gasteiger partial charge on any atom is 0.311 e. The summed E-state index contributed by atoms with van der Waals surface area (Å²) in [4.78, 5) is 32.8. The van der Waals surface area contributed by atoms with Crippen molar-refractivity contribution in [1.82, 2.24) is 5.32 Å². The number of rotatable bonds is 3. The van der Waals surface area contributed by atoms with Crippen molar-refractivity contribution in [3.8, 4) is 5.75 Å². The van der Waals surface area contributed by atoms with Gasteiger partial charge in [0.1, 0.15) is 0 Å². The number of methoxy groups -OCH3 is 1. The molecule has 2 amide bonds. The fourth-order valence-corrected chi connectivity index (χ4v) is 2.19. The van der Waals surface area contributed by atoms with Gasteiger partial charge in [0.15, 0.2) is 5.75 Å². The summed E-state index contributed by atoms with van der Waals surface area (Å²) in [6.45, 7) is 0. The first kappa shape index (κ1) is 13.1. The Bertz CT molecular complexity index is 611. The van der Waals surface area contributed by atoms with Crippen LogP contribution < -0.4 is 10.1 Å². The van der Waals surface area contributed by atoms with Crippen LogP contribution >= 0.6 is 11.8 Å². The molecule has 8 heteroatoms. The lowest BCUT2D eigenvalue weighted by Gasteiger charge is -2.02. The summed E-state index contributed by atoms with van der Waals surface area (Å²) in [7, 11) is 1.33. The van der Waals surface area contributed by atoms with Gasteiger partial charge in [-0.3, -0.25) is 25.0 Å². The summed E-state index contributed by atoms with van der Waals surface area (Å²) in [6.07, 6.45) is 1.41. The molecule has 0 unspecified atom stereocenters. The van der Waals surface area contributed by atoms with Crippen LogP contribution in [0.15, 0.2) is 23.1 Å². The number of amides is 2. The molecule has 98 valence electrons. The highest BCUT2D eigenvalue weighted by molar-refractivity contribution is 8.18. The number of nitrogens with one attached hydrogen (secondary N) is 1. The van der Waals surface area contributed by atoms with Gasteiger partial charge >= 0.3 is 5.69 Å². The highest BCUT2D eigenvalue weighted by Crippen LogP contribution is 2.30. The monoisotopic (exact) mass is 280 g/mol. The lowest BCUT2D eigenvalue weighted by atomic mass is 10.1. The lowest BCUT2D eigenvalue weighted by Crippen LogP contribution is -2.17. The third-order valence-corrected chi connectivity index (χ3v) is 3.15. The summed E-state index contributed by atoms with van der Waals surface area (Å²) in [5, 5.41) is 12.5. The normalized spacial score (nSPS) is 16.6. The Morgan fingerprint density at radius 3 is 2.68 bits per heavy atom. The van der Waals surface area contributed by atoms with Gasteiger partial charge in [-0.05, 0) is 29.5 Å². The van der Waals surface area contributed by atoms with E-state index in [1.54, 1.807) is 6.07 Å². The fraction of sp³-hybridized carbons (Fsp3) is 0.0909. The number of hydrogen-bond donors (Lipinski definition) is 1. The molecule has 1 N–H and O–H groups in total. The average molecular weight is 280 g/mol. The molecule has 0 radical (unpaired) electrons. The molecule has 0 bridgehead atoms. The Hall–Kier alpha value is -2.35. The molecule has 1 aliphatic rings. The van der Waals surface area contributed by atoms with E-state index in [1.165, 1.54) is 25.3 Å². The van der Waals surface area contributed by atoms with Crippen LogP contribution in [0.3, 0.4) is 0 Å². The second-order valence-electron chi connectivity index (χ2n) is 3.54. The zero-order chi connectivity index (χ0) is 14.0. The molecule has 19 heavy (non-hydrogen) atoms. The number of nitro benzene ring substituents is 1. The highest BCUT2D eigenvalue weighted by Gasteiger charge is 2.25. The Kier molecular flexibility index (Phi) is 3.52. The van der Waals surface area contributed by atoms with Crippen molar-refractivity contribution in [2.75, 3.05) is 7.11 Å². The fourth-order valence-electron chi connectivity index (χ4n) is 1.51. The van der Waals surface area contributed by atoms with E-state index in [2.05, 4.69) is 5.32 Å². The van der Waals surface area contributed by atoms with Crippen LogP contribution in [0, 0.1) is 10.1 Å². The second kappa shape index (κ2) is 5.11. The van der Waals surface area contributed by atoms with Crippen molar-refractivity contribution >= 4 is 34.7 Å². The minimum atomic E-state index is -0.576. The Morgan fingerprint density at radius 1 is 1.42 bits per heavy atom. The molecule has 0 atom stereocenters. The predicted octanol–water partition coefficient (Wildman–Crippen LogP) is 1.93. The van der Waals surface area contributed by atoms with E-state index in [9.17, 15) is 19.7 Å². The molecule has 0 saturated carbocycles. The van der Waals surface area contributed by atoms with E-state index in [1.807, 2.05) is 0 Å². The van der Waals surface area contributed by atoms with Gasteiger partial charge in [0.25, 0.3) is 11.1 Å². The van der Waals surface area contributed by atoms with Crippen molar-refractivity contribution in [3.05, 3.63) is 38.8 Å². The van der Waals surface area contributed by atoms with Crippen molar-refractivity contribution in [1.29, 1.82) is 0 Å². The maximum atomic E-state index is 11.4. The minimum absolute atomic E-state index is 0.131. The molecule has 7 nitrogen and oxygen atoms in total. The molecule has 1 saturated heterocycles. The topological polar surface area (TPSA) is 98.5 Å². The number of carbonyl (C=O) groups is 2. The minimum Gasteiger partial charge on any atom is -0.490 e. The third kappa shape index (κ3) is 2.74. The zero-order valence-corrected chi connectivity index (χ0v) is 10.5. The first-order valence-electron chi connectivity index (χ1n) is 5.08. The van der Waals surface area contributed by atoms with Crippen LogP contribution in [-0.2, 0) is 4.79 Å². The quantitative estimate of drug-likeness (QED) is 0.516. The van der Waals surface area contributed by atoms with Gasteiger partial charge < -0.3 is 4.74 Å². The number of hydrogen-bond acceptors (Lipinski definition) is 6. The van der Waals surface area contributed by atoms with Gasteiger partial charge in [-0.1, -0.05) is 6.07 Å². The third-order valence-electron chi connectivity index (χ3n) is 2.34. The Balaban J connectivity index is 2.39. The summed E-state index contributed by atoms with van der Waals surface area (Å²) in [5.74, 6) is -0.375. The Labute approximate surface area is 111 Å². The maximum absolute atomic E-state index is 11.4. The number of nitro groups is 1. The summed E-state index contributed by atoms with van der Waals surface area (Å²) < 4.78 is 4.87. The van der Waals surface area contributed by atoms with Gasteiger partial charge in [0.05, 0.1) is 16.9 Å². The molecule has 0 spiro atoms. The standard InChI is InChI=1S/C11H8N2O5S/c1-18-8-3-2-6(4-7(8)13(16)17)5-9-10(14)12-11(15)19-9/h2-5H,1H3,(H,12,14,15)/b9-5-. The van der Waals surface area contributed by atoms with Crippen LogP contribution in [0.2, 0.25) is 0 Å². The van der Waals surface area contributed by atoms with Crippen LogP contribution in [0.5, 0.6) is 5.75 Å². The van der Waals surface area contributed by atoms with E-state index in [0.717, 1.165) is 11.8 Å². The number of nitrogens with zero attached hydrogens (tertiary/aromatic N) is 1. The van der Waals surface area contributed by atoms with Gasteiger partial charge in [-0.25, -0.2) is 0 Å². The predicted molar refractivity (Wildman–Crippen MR) is 68.8 cm³/mol. The SMILES string of the molecule is COc1ccc(/C=C2\SC(=O)NC2=O)cc1[N+](=O)[O-]. The van der Waals surface area contributed by atoms with Gasteiger partial charge in [-0.2, -0.15) is 0 Å². The molecule has 1 heterocycles. The van der Waals surface area contributed by atoms with Crippen LogP contribution in [0.25, 0.3) is 6.08 Å². The molecule has 0 aliphatic carbocycles. The summed E-state index contributed by atoms with van der Waals surface area (Å²) >= 11 is 0.753. The first-order chi connectivity index (χ1) is 9.01. The largest absolute Gasteiger partial charge is 0.490 e. The number of ether oxygens (including phenoxy) is 1. The van der Waals surface area contributed by atoms with E-state index in [-0.39, 0.29) is 16.3 Å². The second-order valence-corrected chi connectivity index (χ2v) is 4.56.